The van der Waals surface area contributed by atoms with Gasteiger partial charge in [0.25, 0.3) is 0 Å². The molecular formula is C52H57ClN8O2. The first-order chi connectivity index (χ1) is 30.4. The first-order valence-electron chi connectivity index (χ1n) is 22.1. The number of nitrogens with zero attached hydrogens (tertiary/aromatic N) is 8. The first-order valence-corrected chi connectivity index (χ1v) is 22.1. The molecule has 324 valence electrons. The molecule has 0 N–H and O–H groups in total. The topological polar surface area (TPSA) is 81.9 Å². The van der Waals surface area contributed by atoms with Crippen LogP contribution in [0.2, 0.25) is 0 Å². The number of benzene rings is 4. The second-order valence-electron chi connectivity index (χ2n) is 16.2. The number of hydrogen-bond acceptors (Lipinski definition) is 10. The van der Waals surface area contributed by atoms with Crippen molar-refractivity contribution >= 4 is 58.2 Å². The maximum absolute atomic E-state index is 5.49. The molecule has 4 aliphatic rings. The standard InChI is InChI=1S/2C26H28N4O.ClH/c2*1-3-30(22-6-4-5-19(2)15-22)23-8-7-21-18-28-26(24(21)17-23)20-9-10-27-25(16-20)29-11-13-31-14-12-29;/h2*4-10,15-17H,3,11-14,18H2,1-2H3;1H. The molecule has 0 amide bonds. The summed E-state index contributed by atoms with van der Waals surface area (Å²) in [6.45, 7) is 18.5. The van der Waals surface area contributed by atoms with E-state index in [2.05, 4.69) is 166 Å². The molecule has 4 aliphatic heterocycles. The molecule has 6 heterocycles. The quantitative estimate of drug-likeness (QED) is 0.135. The Hall–Kier alpha value is -6.07. The van der Waals surface area contributed by atoms with Crippen LogP contribution in [0.25, 0.3) is 0 Å². The number of aromatic nitrogens is 2. The molecule has 0 aliphatic carbocycles. The van der Waals surface area contributed by atoms with Crippen molar-refractivity contribution in [3.05, 3.63) is 166 Å². The van der Waals surface area contributed by atoms with E-state index in [4.69, 9.17) is 19.5 Å². The van der Waals surface area contributed by atoms with E-state index in [0.29, 0.717) is 0 Å². The zero-order chi connectivity index (χ0) is 42.4. The van der Waals surface area contributed by atoms with Crippen LogP contribution in [0.15, 0.2) is 132 Å². The number of morpholine rings is 2. The number of fused-ring (bicyclic) bond motifs is 2. The summed E-state index contributed by atoms with van der Waals surface area (Å²) in [5.41, 5.74) is 16.8. The summed E-state index contributed by atoms with van der Waals surface area (Å²) in [5, 5.41) is 0. The molecule has 10 nitrogen and oxygen atoms in total. The second kappa shape index (κ2) is 20.0. The van der Waals surface area contributed by atoms with Crippen LogP contribution in [-0.4, -0.2) is 87.1 Å². The van der Waals surface area contributed by atoms with Gasteiger partial charge in [-0.3, -0.25) is 9.98 Å². The predicted molar refractivity (Wildman–Crippen MR) is 261 cm³/mol. The summed E-state index contributed by atoms with van der Waals surface area (Å²) < 4.78 is 11.0. The van der Waals surface area contributed by atoms with Gasteiger partial charge in [0.2, 0.25) is 0 Å². The lowest BCUT2D eigenvalue weighted by Gasteiger charge is -2.28. The largest absolute Gasteiger partial charge is 0.378 e. The fraction of sp³-hybridized carbons (Fsp3) is 0.308. The lowest BCUT2D eigenvalue weighted by molar-refractivity contribution is 0.122. The Balaban J connectivity index is 0.000000170. The summed E-state index contributed by atoms with van der Waals surface area (Å²) in [4.78, 5) is 28.3. The monoisotopic (exact) mass is 860 g/mol. The molecule has 0 radical (unpaired) electrons. The second-order valence-corrected chi connectivity index (χ2v) is 16.2. The van der Waals surface area contributed by atoms with E-state index in [1.165, 1.54) is 56.1 Å². The van der Waals surface area contributed by atoms with Crippen LogP contribution in [0.3, 0.4) is 0 Å². The van der Waals surface area contributed by atoms with Crippen molar-refractivity contribution in [1.82, 2.24) is 9.97 Å². The fourth-order valence-electron chi connectivity index (χ4n) is 8.86. The third kappa shape index (κ3) is 9.64. The number of aryl methyl sites for hydroxylation is 2. The van der Waals surface area contributed by atoms with Gasteiger partial charge in [-0.2, -0.15) is 0 Å². The minimum Gasteiger partial charge on any atom is -0.378 e. The van der Waals surface area contributed by atoms with Crippen molar-refractivity contribution in [2.24, 2.45) is 9.98 Å². The molecule has 63 heavy (non-hydrogen) atoms. The Morgan fingerprint density at radius 2 is 0.921 bits per heavy atom. The normalized spacial score (nSPS) is 15.3. The van der Waals surface area contributed by atoms with E-state index in [9.17, 15) is 0 Å². The highest BCUT2D eigenvalue weighted by atomic mass is 35.5. The minimum absolute atomic E-state index is 0. The smallest absolute Gasteiger partial charge is 0.129 e. The fourth-order valence-corrected chi connectivity index (χ4v) is 8.86. The Bertz CT molecular complexity index is 2420. The lowest BCUT2D eigenvalue weighted by Crippen LogP contribution is -2.36. The Morgan fingerprint density at radius 1 is 0.508 bits per heavy atom. The third-order valence-corrected chi connectivity index (χ3v) is 12.1. The van der Waals surface area contributed by atoms with Crippen LogP contribution in [0.1, 0.15) is 58.4 Å². The summed E-state index contributed by atoms with van der Waals surface area (Å²) >= 11 is 0. The molecule has 10 rings (SSSR count). The van der Waals surface area contributed by atoms with Crippen molar-refractivity contribution in [2.75, 3.05) is 85.3 Å². The van der Waals surface area contributed by atoms with Crippen LogP contribution < -0.4 is 19.6 Å². The predicted octanol–water partition coefficient (Wildman–Crippen LogP) is 9.89. The molecule has 2 aromatic heterocycles. The van der Waals surface area contributed by atoms with Crippen molar-refractivity contribution in [3.63, 3.8) is 0 Å². The van der Waals surface area contributed by atoms with Gasteiger partial charge in [0.1, 0.15) is 11.6 Å². The third-order valence-electron chi connectivity index (χ3n) is 12.1. The molecule has 2 fully saturated rings. The van der Waals surface area contributed by atoms with Gasteiger partial charge in [-0.1, -0.05) is 36.4 Å². The highest BCUT2D eigenvalue weighted by Crippen LogP contribution is 2.34. The first kappa shape index (κ1) is 43.6. The average Bonchev–Trinajstić information content (AvgIpc) is 3.95. The summed E-state index contributed by atoms with van der Waals surface area (Å²) in [5.74, 6) is 2.01. The molecule has 4 aromatic carbocycles. The Morgan fingerprint density at radius 3 is 1.32 bits per heavy atom. The molecule has 2 saturated heterocycles. The molecule has 0 atom stereocenters. The molecule has 0 unspecified atom stereocenters. The van der Waals surface area contributed by atoms with E-state index >= 15 is 0 Å². The number of pyridine rings is 2. The van der Waals surface area contributed by atoms with Gasteiger partial charge < -0.3 is 29.1 Å². The number of halogens is 1. The van der Waals surface area contributed by atoms with Gasteiger partial charge >= 0.3 is 0 Å². The number of aliphatic imine (C=N–C) groups is 2. The highest BCUT2D eigenvalue weighted by Gasteiger charge is 2.23. The van der Waals surface area contributed by atoms with E-state index < -0.39 is 0 Å². The number of hydrogen-bond donors (Lipinski definition) is 0. The zero-order valence-electron chi connectivity index (χ0n) is 36.8. The summed E-state index contributed by atoms with van der Waals surface area (Å²) in [7, 11) is 0. The maximum atomic E-state index is 5.49. The molecule has 0 spiro atoms. The average molecular weight is 862 g/mol. The zero-order valence-corrected chi connectivity index (χ0v) is 37.7. The molecule has 11 heteroatoms. The van der Waals surface area contributed by atoms with Gasteiger partial charge in [-0.05, 0) is 123 Å². The Labute approximate surface area is 378 Å². The number of anilines is 6. The van der Waals surface area contributed by atoms with Crippen LogP contribution in [-0.2, 0) is 22.6 Å². The summed E-state index contributed by atoms with van der Waals surface area (Å²) in [6.07, 6.45) is 3.80. The lowest BCUT2D eigenvalue weighted by atomic mass is 9.99. The van der Waals surface area contributed by atoms with Gasteiger partial charge in [-0.15, -0.1) is 12.4 Å². The Kier molecular flexibility index (Phi) is 13.8. The van der Waals surface area contributed by atoms with E-state index in [1.807, 2.05) is 12.4 Å². The van der Waals surface area contributed by atoms with E-state index in [1.54, 1.807) is 0 Å². The van der Waals surface area contributed by atoms with Crippen molar-refractivity contribution in [2.45, 2.75) is 40.8 Å². The SMILES string of the molecule is CCN(c1cccc(C)c1)c1ccc2c(c1)C(c1ccnc(N3CCOCC3)c1)=NC2.CCN(c1cccc(C)c1)c1ccc2c(c1)C(c1ccnc(N3CCOCC3)c1)=NC2.Cl. The van der Waals surface area contributed by atoms with Gasteiger partial charge in [0.05, 0.1) is 50.9 Å². The molecular weight excluding hydrogens is 804 g/mol. The van der Waals surface area contributed by atoms with Gasteiger partial charge in [-0.25, -0.2) is 9.97 Å². The summed E-state index contributed by atoms with van der Waals surface area (Å²) in [6, 6.07) is 39.3. The van der Waals surface area contributed by atoms with Gasteiger partial charge in [0.15, 0.2) is 0 Å². The number of ether oxygens (including phenoxy) is 2. The van der Waals surface area contributed by atoms with Gasteiger partial charge in [0, 0.05) is 96.7 Å². The van der Waals surface area contributed by atoms with Crippen LogP contribution in [0.4, 0.5) is 34.4 Å². The molecule has 6 aromatic rings. The van der Waals surface area contributed by atoms with Crippen molar-refractivity contribution in [3.8, 4) is 0 Å². The number of rotatable bonds is 10. The highest BCUT2D eigenvalue weighted by molar-refractivity contribution is 6.16. The van der Waals surface area contributed by atoms with Crippen LogP contribution >= 0.6 is 12.4 Å². The van der Waals surface area contributed by atoms with Crippen molar-refractivity contribution in [1.29, 1.82) is 0 Å². The van der Waals surface area contributed by atoms with Crippen LogP contribution in [0.5, 0.6) is 0 Å². The molecule has 0 bridgehead atoms. The van der Waals surface area contributed by atoms with E-state index in [0.717, 1.165) is 113 Å². The minimum atomic E-state index is 0. The van der Waals surface area contributed by atoms with Crippen LogP contribution in [0, 0.1) is 13.8 Å². The molecule has 0 saturated carbocycles. The maximum Gasteiger partial charge on any atom is 0.129 e. The van der Waals surface area contributed by atoms with Crippen molar-refractivity contribution < 1.29 is 9.47 Å². The van der Waals surface area contributed by atoms with E-state index in [-0.39, 0.29) is 12.4 Å².